The number of carbonyl (C=O) groups excluding carboxylic acids is 1. The minimum absolute atomic E-state index is 0.367. The first-order chi connectivity index (χ1) is 12.0. The molecule has 3 nitrogen and oxygen atoms in total. The minimum Gasteiger partial charge on any atom is -0.489 e. The van der Waals surface area contributed by atoms with Crippen LogP contribution in [-0.4, -0.2) is 10.9 Å². The Bertz CT molecular complexity index is 914. The fourth-order valence-electron chi connectivity index (χ4n) is 2.80. The van der Waals surface area contributed by atoms with Crippen molar-refractivity contribution in [1.82, 2.24) is 4.57 Å². The SMILES string of the molecule is Cc1cc(C=O)c(C)n1-c1ccc(OCc2ccc(Cl)cc2Cl)cc1. The van der Waals surface area contributed by atoms with Gasteiger partial charge in [-0.2, -0.15) is 0 Å². The number of carbonyl (C=O) groups is 1. The molecule has 0 aliphatic rings. The maximum absolute atomic E-state index is 11.1. The molecule has 0 bridgehead atoms. The highest BCUT2D eigenvalue weighted by molar-refractivity contribution is 6.35. The van der Waals surface area contributed by atoms with E-state index < -0.39 is 0 Å². The van der Waals surface area contributed by atoms with Crippen LogP contribution in [0.3, 0.4) is 0 Å². The van der Waals surface area contributed by atoms with Crippen LogP contribution in [0.2, 0.25) is 10.0 Å². The fraction of sp³-hybridized carbons (Fsp3) is 0.150. The van der Waals surface area contributed by atoms with E-state index in [9.17, 15) is 4.79 Å². The molecule has 0 saturated heterocycles. The number of hydrogen-bond donors (Lipinski definition) is 0. The third-order valence-electron chi connectivity index (χ3n) is 4.10. The van der Waals surface area contributed by atoms with E-state index in [4.69, 9.17) is 27.9 Å². The predicted molar refractivity (Wildman–Crippen MR) is 101 cm³/mol. The van der Waals surface area contributed by atoms with Gasteiger partial charge in [-0.1, -0.05) is 29.3 Å². The summed E-state index contributed by atoms with van der Waals surface area (Å²) < 4.78 is 7.84. The maximum Gasteiger partial charge on any atom is 0.151 e. The zero-order chi connectivity index (χ0) is 18.0. The van der Waals surface area contributed by atoms with Crippen molar-refractivity contribution in [2.75, 3.05) is 0 Å². The summed E-state index contributed by atoms with van der Waals surface area (Å²) in [7, 11) is 0. The molecule has 0 N–H and O–H groups in total. The van der Waals surface area contributed by atoms with Gasteiger partial charge in [0.1, 0.15) is 12.4 Å². The van der Waals surface area contributed by atoms with Crippen molar-refractivity contribution in [3.63, 3.8) is 0 Å². The molecule has 3 rings (SSSR count). The Hall–Kier alpha value is -2.23. The lowest BCUT2D eigenvalue weighted by Gasteiger charge is -2.12. The molecule has 0 atom stereocenters. The second-order valence-corrected chi connectivity index (χ2v) is 6.64. The second kappa shape index (κ2) is 7.34. The van der Waals surface area contributed by atoms with Crippen molar-refractivity contribution in [1.29, 1.82) is 0 Å². The zero-order valence-corrected chi connectivity index (χ0v) is 15.4. The molecule has 5 heteroatoms. The number of ether oxygens (including phenoxy) is 1. The number of aryl methyl sites for hydroxylation is 1. The van der Waals surface area contributed by atoms with Crippen LogP contribution in [-0.2, 0) is 6.61 Å². The summed E-state index contributed by atoms with van der Waals surface area (Å²) in [6.07, 6.45) is 0.881. The van der Waals surface area contributed by atoms with Crippen molar-refractivity contribution in [2.45, 2.75) is 20.5 Å². The largest absolute Gasteiger partial charge is 0.489 e. The summed E-state index contributed by atoms with van der Waals surface area (Å²) in [5, 5.41) is 1.19. The second-order valence-electron chi connectivity index (χ2n) is 5.80. The van der Waals surface area contributed by atoms with Gasteiger partial charge in [-0.05, 0) is 56.3 Å². The summed E-state index contributed by atoms with van der Waals surface area (Å²) in [5.74, 6) is 0.743. The summed E-state index contributed by atoms with van der Waals surface area (Å²) in [4.78, 5) is 11.1. The van der Waals surface area contributed by atoms with Gasteiger partial charge in [0, 0.05) is 38.2 Å². The van der Waals surface area contributed by atoms with Crippen LogP contribution in [0, 0.1) is 13.8 Å². The van der Waals surface area contributed by atoms with E-state index in [2.05, 4.69) is 0 Å². The Kier molecular flexibility index (Phi) is 5.16. The Morgan fingerprint density at radius 3 is 2.36 bits per heavy atom. The van der Waals surface area contributed by atoms with Crippen LogP contribution in [0.25, 0.3) is 5.69 Å². The number of hydrogen-bond acceptors (Lipinski definition) is 2. The number of benzene rings is 2. The van der Waals surface area contributed by atoms with Crippen molar-refractivity contribution in [3.05, 3.63) is 81.1 Å². The minimum atomic E-state index is 0.367. The number of aromatic nitrogens is 1. The Morgan fingerprint density at radius 2 is 1.76 bits per heavy atom. The highest BCUT2D eigenvalue weighted by Crippen LogP contribution is 2.25. The van der Waals surface area contributed by atoms with Gasteiger partial charge in [-0.15, -0.1) is 0 Å². The van der Waals surface area contributed by atoms with Gasteiger partial charge in [-0.3, -0.25) is 4.79 Å². The maximum atomic E-state index is 11.1. The van der Waals surface area contributed by atoms with Crippen molar-refractivity contribution in [2.24, 2.45) is 0 Å². The summed E-state index contributed by atoms with van der Waals surface area (Å²) in [5.41, 5.74) is 4.51. The molecule has 25 heavy (non-hydrogen) atoms. The first-order valence-electron chi connectivity index (χ1n) is 7.81. The zero-order valence-electron chi connectivity index (χ0n) is 13.9. The van der Waals surface area contributed by atoms with Crippen molar-refractivity contribution < 1.29 is 9.53 Å². The lowest BCUT2D eigenvalue weighted by atomic mass is 10.2. The molecule has 1 heterocycles. The predicted octanol–water partition coefficient (Wildman–Crippen LogP) is 5.79. The summed E-state index contributed by atoms with van der Waals surface area (Å²) in [6.45, 7) is 4.28. The fourth-order valence-corrected chi connectivity index (χ4v) is 3.26. The topological polar surface area (TPSA) is 31.2 Å². The van der Waals surface area contributed by atoms with Gasteiger partial charge in [0.05, 0.1) is 0 Å². The van der Waals surface area contributed by atoms with E-state index in [0.717, 1.165) is 34.7 Å². The number of aldehydes is 1. The molecule has 0 spiro atoms. The molecule has 0 radical (unpaired) electrons. The molecule has 128 valence electrons. The van der Waals surface area contributed by atoms with Crippen molar-refractivity contribution in [3.8, 4) is 11.4 Å². The lowest BCUT2D eigenvalue weighted by Crippen LogP contribution is -2.00. The molecule has 0 unspecified atom stereocenters. The van der Waals surface area contributed by atoms with Gasteiger partial charge in [0.2, 0.25) is 0 Å². The van der Waals surface area contributed by atoms with Crippen LogP contribution in [0.4, 0.5) is 0 Å². The standard InChI is InChI=1S/C20H17Cl2NO2/c1-13-9-16(11-24)14(2)23(13)18-5-7-19(8-6-18)25-12-15-3-4-17(21)10-20(15)22/h3-11H,12H2,1-2H3. The average molecular weight is 374 g/mol. The molecular weight excluding hydrogens is 357 g/mol. The molecule has 2 aromatic carbocycles. The smallest absolute Gasteiger partial charge is 0.151 e. The van der Waals surface area contributed by atoms with E-state index >= 15 is 0 Å². The molecule has 3 aromatic rings. The number of nitrogens with zero attached hydrogens (tertiary/aromatic N) is 1. The van der Waals surface area contributed by atoms with Crippen molar-refractivity contribution >= 4 is 29.5 Å². The Morgan fingerprint density at radius 1 is 1.04 bits per heavy atom. The Labute approximate surface area is 156 Å². The molecule has 0 amide bonds. The molecule has 0 saturated carbocycles. The van der Waals surface area contributed by atoms with Crippen LogP contribution >= 0.6 is 23.2 Å². The molecule has 0 aliphatic carbocycles. The number of halogens is 2. The monoisotopic (exact) mass is 373 g/mol. The van der Waals surface area contributed by atoms with Gasteiger partial charge < -0.3 is 9.30 Å². The van der Waals surface area contributed by atoms with Crippen LogP contribution in [0.5, 0.6) is 5.75 Å². The van der Waals surface area contributed by atoms with Crippen LogP contribution in [0.1, 0.15) is 27.3 Å². The van der Waals surface area contributed by atoms with E-state index in [1.54, 1.807) is 12.1 Å². The van der Waals surface area contributed by atoms with Crippen LogP contribution < -0.4 is 4.74 Å². The summed E-state index contributed by atoms with van der Waals surface area (Å²) in [6, 6.07) is 15.0. The van der Waals surface area contributed by atoms with E-state index in [-0.39, 0.29) is 0 Å². The first-order valence-corrected chi connectivity index (χ1v) is 8.56. The van der Waals surface area contributed by atoms with Gasteiger partial charge in [-0.25, -0.2) is 0 Å². The first kappa shape index (κ1) is 17.6. The van der Waals surface area contributed by atoms with Crippen LogP contribution in [0.15, 0.2) is 48.5 Å². The molecule has 0 fully saturated rings. The molecule has 0 aliphatic heterocycles. The van der Waals surface area contributed by atoms with Gasteiger partial charge >= 0.3 is 0 Å². The average Bonchev–Trinajstić information content (AvgIpc) is 2.88. The molecule has 1 aromatic heterocycles. The highest BCUT2D eigenvalue weighted by Gasteiger charge is 2.10. The number of rotatable bonds is 5. The Balaban J connectivity index is 1.76. The van der Waals surface area contributed by atoms with E-state index in [0.29, 0.717) is 22.2 Å². The molecular formula is C20H17Cl2NO2. The summed E-state index contributed by atoms with van der Waals surface area (Å²) >= 11 is 12.1. The third-order valence-corrected chi connectivity index (χ3v) is 4.69. The highest BCUT2D eigenvalue weighted by atomic mass is 35.5. The van der Waals surface area contributed by atoms with E-state index in [1.807, 2.05) is 54.8 Å². The van der Waals surface area contributed by atoms with Gasteiger partial charge in [0.15, 0.2) is 6.29 Å². The normalized spacial score (nSPS) is 10.7. The third kappa shape index (κ3) is 3.73. The lowest BCUT2D eigenvalue weighted by molar-refractivity contribution is 0.112. The quantitative estimate of drug-likeness (QED) is 0.529. The van der Waals surface area contributed by atoms with Gasteiger partial charge in [0.25, 0.3) is 0 Å². The van der Waals surface area contributed by atoms with E-state index in [1.165, 1.54) is 0 Å².